The molecule has 0 nitrogen and oxygen atoms in total. The normalized spacial score (nSPS) is 24.6. The molecule has 1 aromatic carbocycles. The van der Waals surface area contributed by atoms with Crippen molar-refractivity contribution in [3.8, 4) is 0 Å². The molecule has 0 fully saturated rings. The fraction of sp³-hybridized carbons (Fsp3) is 0.524. The van der Waals surface area contributed by atoms with Crippen LogP contribution in [-0.4, -0.2) is 0 Å². The van der Waals surface area contributed by atoms with Crippen molar-refractivity contribution < 1.29 is 0 Å². The van der Waals surface area contributed by atoms with Gasteiger partial charge in [-0.2, -0.15) is 0 Å². The molecule has 0 N–H and O–H groups in total. The number of hydrogen-bond acceptors (Lipinski definition) is 0. The lowest BCUT2D eigenvalue weighted by Crippen LogP contribution is -2.18. The van der Waals surface area contributed by atoms with Gasteiger partial charge in [-0.25, -0.2) is 0 Å². The number of benzene rings is 1. The Morgan fingerprint density at radius 2 is 1.14 bits per heavy atom. The van der Waals surface area contributed by atoms with Gasteiger partial charge >= 0.3 is 0 Å². The van der Waals surface area contributed by atoms with Crippen molar-refractivity contribution in [3.63, 3.8) is 0 Å². The van der Waals surface area contributed by atoms with E-state index in [1.165, 1.54) is 28.7 Å². The second-order valence-corrected chi connectivity index (χ2v) is 7.30. The van der Waals surface area contributed by atoms with E-state index >= 15 is 0 Å². The fourth-order valence-corrected chi connectivity index (χ4v) is 4.67. The Labute approximate surface area is 130 Å². The summed E-state index contributed by atoms with van der Waals surface area (Å²) < 4.78 is 0. The highest BCUT2D eigenvalue weighted by Crippen LogP contribution is 2.53. The minimum atomic E-state index is 0.627. The first-order valence-corrected chi connectivity index (χ1v) is 8.21. The smallest absolute Gasteiger partial charge is 0.0126 e. The zero-order valence-electron chi connectivity index (χ0n) is 14.9. The predicted octanol–water partition coefficient (Wildman–Crippen LogP) is 5.86. The molecule has 0 saturated carbocycles. The van der Waals surface area contributed by atoms with Gasteiger partial charge in [0.25, 0.3) is 0 Å². The first-order valence-electron chi connectivity index (χ1n) is 8.21. The Morgan fingerprint density at radius 3 is 1.76 bits per heavy atom. The van der Waals surface area contributed by atoms with E-state index in [-0.39, 0.29) is 0 Å². The third-order valence-corrected chi connectivity index (χ3v) is 6.77. The van der Waals surface area contributed by atoms with E-state index in [2.05, 4.69) is 55.4 Å². The number of allylic oxidation sites excluding steroid dienone is 4. The van der Waals surface area contributed by atoms with Gasteiger partial charge in [0, 0.05) is 5.92 Å². The number of hydrogen-bond donors (Lipinski definition) is 0. The maximum absolute atomic E-state index is 2.36. The summed E-state index contributed by atoms with van der Waals surface area (Å²) in [7, 11) is 0. The Bertz CT molecular complexity index is 710. The molecule has 0 saturated heterocycles. The van der Waals surface area contributed by atoms with E-state index < -0.39 is 0 Å². The molecule has 21 heavy (non-hydrogen) atoms. The van der Waals surface area contributed by atoms with E-state index in [9.17, 15) is 0 Å². The molecule has 1 aromatic rings. The molecule has 0 amide bonds. The lowest BCUT2D eigenvalue weighted by atomic mass is 9.72. The van der Waals surface area contributed by atoms with Crippen molar-refractivity contribution in [2.45, 2.75) is 67.7 Å². The van der Waals surface area contributed by atoms with Gasteiger partial charge in [0.05, 0.1) is 0 Å². The van der Waals surface area contributed by atoms with E-state index in [4.69, 9.17) is 0 Å². The van der Waals surface area contributed by atoms with Crippen molar-refractivity contribution in [1.82, 2.24) is 0 Å². The minimum Gasteiger partial charge on any atom is -0.0658 e. The molecule has 3 rings (SSSR count). The van der Waals surface area contributed by atoms with E-state index in [1.807, 2.05) is 0 Å². The molecule has 0 heteroatoms. The zero-order valence-corrected chi connectivity index (χ0v) is 14.9. The molecule has 2 unspecified atom stereocenters. The standard InChI is InChI=1S/C21H28/c1-10-12(3)16(7)20-18(14(10)5)9-19-15(6)11(2)13(4)17(8)21(19)20/h18,20H,9H2,1-8H3. The highest BCUT2D eigenvalue weighted by atomic mass is 14.4. The number of fused-ring (bicyclic) bond motifs is 3. The van der Waals surface area contributed by atoms with Gasteiger partial charge in [-0.05, 0) is 112 Å². The molecule has 2 aliphatic rings. The molecular weight excluding hydrogens is 252 g/mol. The van der Waals surface area contributed by atoms with Crippen molar-refractivity contribution in [3.05, 3.63) is 55.7 Å². The van der Waals surface area contributed by atoms with Gasteiger partial charge in [0.2, 0.25) is 0 Å². The van der Waals surface area contributed by atoms with E-state index in [0.717, 1.165) is 0 Å². The van der Waals surface area contributed by atoms with Crippen molar-refractivity contribution >= 4 is 0 Å². The van der Waals surface area contributed by atoms with Gasteiger partial charge < -0.3 is 0 Å². The lowest BCUT2D eigenvalue weighted by molar-refractivity contribution is 0.555. The van der Waals surface area contributed by atoms with Crippen LogP contribution in [0.25, 0.3) is 0 Å². The minimum absolute atomic E-state index is 0.627. The lowest BCUT2D eigenvalue weighted by Gasteiger charge is -2.32. The second kappa shape index (κ2) is 4.60. The van der Waals surface area contributed by atoms with Gasteiger partial charge in [-0.15, -0.1) is 0 Å². The fourth-order valence-electron chi connectivity index (χ4n) is 4.67. The molecule has 0 spiro atoms. The van der Waals surface area contributed by atoms with Crippen LogP contribution in [0, 0.1) is 33.6 Å². The van der Waals surface area contributed by atoms with Crippen LogP contribution in [0.15, 0.2) is 22.3 Å². The quantitative estimate of drug-likeness (QED) is 0.558. The Morgan fingerprint density at radius 1 is 0.619 bits per heavy atom. The van der Waals surface area contributed by atoms with Crippen LogP contribution < -0.4 is 0 Å². The Balaban J connectivity index is 2.32. The topological polar surface area (TPSA) is 0 Å². The van der Waals surface area contributed by atoms with Crippen LogP contribution in [0.2, 0.25) is 0 Å². The Hall–Kier alpha value is -1.30. The predicted molar refractivity (Wildman–Crippen MR) is 92.1 cm³/mol. The summed E-state index contributed by atoms with van der Waals surface area (Å²) in [5.74, 6) is 1.32. The molecule has 0 aromatic heterocycles. The summed E-state index contributed by atoms with van der Waals surface area (Å²) in [6.45, 7) is 18.6. The molecule has 0 heterocycles. The van der Waals surface area contributed by atoms with Crippen LogP contribution in [0.1, 0.15) is 67.0 Å². The highest BCUT2D eigenvalue weighted by Gasteiger charge is 2.40. The largest absolute Gasteiger partial charge is 0.0658 e. The summed E-state index contributed by atoms with van der Waals surface area (Å²) in [5, 5.41) is 0. The first-order chi connectivity index (χ1) is 9.77. The molecule has 0 bridgehead atoms. The second-order valence-electron chi connectivity index (χ2n) is 7.30. The maximum Gasteiger partial charge on any atom is 0.0126 e. The van der Waals surface area contributed by atoms with Crippen LogP contribution in [0.4, 0.5) is 0 Å². The third-order valence-electron chi connectivity index (χ3n) is 6.77. The van der Waals surface area contributed by atoms with E-state index in [0.29, 0.717) is 11.8 Å². The van der Waals surface area contributed by atoms with Crippen molar-refractivity contribution in [2.24, 2.45) is 5.92 Å². The number of rotatable bonds is 0. The Kier molecular flexibility index (Phi) is 3.20. The van der Waals surface area contributed by atoms with E-state index in [1.54, 1.807) is 33.4 Å². The summed E-state index contributed by atoms with van der Waals surface area (Å²) in [6.07, 6.45) is 1.24. The maximum atomic E-state index is 2.36. The van der Waals surface area contributed by atoms with Crippen LogP contribution in [0.5, 0.6) is 0 Å². The van der Waals surface area contributed by atoms with Gasteiger partial charge in [0.1, 0.15) is 0 Å². The monoisotopic (exact) mass is 280 g/mol. The first kappa shape index (κ1) is 14.6. The van der Waals surface area contributed by atoms with Gasteiger partial charge in [-0.3, -0.25) is 0 Å². The van der Waals surface area contributed by atoms with Gasteiger partial charge in [-0.1, -0.05) is 11.1 Å². The molecule has 2 atom stereocenters. The van der Waals surface area contributed by atoms with Crippen molar-refractivity contribution in [2.75, 3.05) is 0 Å². The van der Waals surface area contributed by atoms with Crippen molar-refractivity contribution in [1.29, 1.82) is 0 Å². The SMILES string of the molecule is CC1=C(C)C2Cc3c(C)c(C)c(C)c(C)c3C2C(C)=C1C. The molecular formula is C21H28. The molecule has 2 aliphatic carbocycles. The molecule has 0 radical (unpaired) electrons. The molecule has 0 aliphatic heterocycles. The van der Waals surface area contributed by atoms with Crippen LogP contribution in [0.3, 0.4) is 0 Å². The third kappa shape index (κ3) is 1.74. The highest BCUT2D eigenvalue weighted by molar-refractivity contribution is 5.60. The van der Waals surface area contributed by atoms with Gasteiger partial charge in [0.15, 0.2) is 0 Å². The molecule has 112 valence electrons. The van der Waals surface area contributed by atoms with Crippen LogP contribution >= 0.6 is 0 Å². The summed E-state index contributed by atoms with van der Waals surface area (Å²) in [4.78, 5) is 0. The summed E-state index contributed by atoms with van der Waals surface area (Å²) in [5.41, 5.74) is 15.7. The summed E-state index contributed by atoms with van der Waals surface area (Å²) >= 11 is 0. The van der Waals surface area contributed by atoms with Crippen LogP contribution in [-0.2, 0) is 6.42 Å². The average molecular weight is 280 g/mol. The summed E-state index contributed by atoms with van der Waals surface area (Å²) in [6, 6.07) is 0. The zero-order chi connectivity index (χ0) is 15.6. The average Bonchev–Trinajstić information content (AvgIpc) is 2.87.